The fourth-order valence-corrected chi connectivity index (χ4v) is 3.17. The zero-order valence-electron chi connectivity index (χ0n) is 13.1. The number of halogens is 1. The smallest absolute Gasteiger partial charge is 0.252 e. The van der Waals surface area contributed by atoms with Crippen LogP contribution in [0.1, 0.15) is 5.56 Å². The van der Waals surface area contributed by atoms with E-state index in [1.54, 1.807) is 26.3 Å². The van der Waals surface area contributed by atoms with Gasteiger partial charge in [-0.2, -0.15) is 0 Å². The Kier molecular flexibility index (Phi) is 3.32. The van der Waals surface area contributed by atoms with Gasteiger partial charge in [0.05, 0.1) is 18.1 Å². The van der Waals surface area contributed by atoms with Crippen molar-refractivity contribution in [3.63, 3.8) is 0 Å². The lowest BCUT2D eigenvalue weighted by molar-refractivity contribution is 0.398. The quantitative estimate of drug-likeness (QED) is 0.579. The number of hydrogen-bond acceptors (Lipinski definition) is 3. The van der Waals surface area contributed by atoms with Crippen LogP contribution in [0.15, 0.2) is 41.3 Å². The average Bonchev–Trinajstić information content (AvgIpc) is 2.93. The standard InChI is InChI=1S/C18H14ClN3O2/c1-9-15(10-3-6-14(24-2)20-8-10)17-16(22-18(9)23)12-7-11(19)4-5-13(12)21-17/h3-8,21H,1-2H3,(H,22,23). The van der Waals surface area contributed by atoms with E-state index in [0.29, 0.717) is 16.5 Å². The van der Waals surface area contributed by atoms with Gasteiger partial charge in [0.2, 0.25) is 5.88 Å². The molecule has 0 bridgehead atoms. The summed E-state index contributed by atoms with van der Waals surface area (Å²) in [5.41, 5.74) is 4.70. The van der Waals surface area contributed by atoms with E-state index in [1.807, 2.05) is 24.3 Å². The predicted octanol–water partition coefficient (Wildman–Crippen LogP) is 4.04. The molecule has 0 unspecified atom stereocenters. The van der Waals surface area contributed by atoms with Crippen LogP contribution in [-0.4, -0.2) is 22.1 Å². The summed E-state index contributed by atoms with van der Waals surface area (Å²) in [5.74, 6) is 0.529. The molecule has 0 atom stereocenters. The minimum Gasteiger partial charge on any atom is -0.481 e. The van der Waals surface area contributed by atoms with Crippen molar-refractivity contribution in [1.82, 2.24) is 15.0 Å². The number of fused-ring (bicyclic) bond motifs is 3. The zero-order chi connectivity index (χ0) is 16.8. The molecule has 5 nitrogen and oxygen atoms in total. The van der Waals surface area contributed by atoms with Crippen molar-refractivity contribution in [2.45, 2.75) is 6.92 Å². The lowest BCUT2D eigenvalue weighted by Gasteiger charge is -2.08. The van der Waals surface area contributed by atoms with Crippen LogP contribution in [0.5, 0.6) is 5.88 Å². The number of pyridine rings is 2. The van der Waals surface area contributed by atoms with Gasteiger partial charge in [-0.1, -0.05) is 11.6 Å². The summed E-state index contributed by atoms with van der Waals surface area (Å²) in [7, 11) is 1.57. The number of H-pyrrole nitrogens is 2. The van der Waals surface area contributed by atoms with Crippen LogP contribution in [0.4, 0.5) is 0 Å². The summed E-state index contributed by atoms with van der Waals surface area (Å²) in [6.45, 7) is 1.80. The van der Waals surface area contributed by atoms with E-state index in [4.69, 9.17) is 16.3 Å². The van der Waals surface area contributed by atoms with Gasteiger partial charge in [-0.3, -0.25) is 4.79 Å². The number of hydrogen-bond donors (Lipinski definition) is 2. The predicted molar refractivity (Wildman–Crippen MR) is 96.0 cm³/mol. The van der Waals surface area contributed by atoms with Crippen molar-refractivity contribution in [2.75, 3.05) is 7.11 Å². The normalized spacial score (nSPS) is 11.3. The van der Waals surface area contributed by atoms with Crippen LogP contribution in [0.2, 0.25) is 5.02 Å². The summed E-state index contributed by atoms with van der Waals surface area (Å²) < 4.78 is 5.11. The molecule has 0 fully saturated rings. The highest BCUT2D eigenvalue weighted by Crippen LogP contribution is 2.33. The van der Waals surface area contributed by atoms with E-state index < -0.39 is 0 Å². The van der Waals surface area contributed by atoms with Crippen molar-refractivity contribution in [2.24, 2.45) is 0 Å². The molecule has 0 aliphatic heterocycles. The number of nitrogens with one attached hydrogen (secondary N) is 2. The second kappa shape index (κ2) is 5.39. The summed E-state index contributed by atoms with van der Waals surface area (Å²) >= 11 is 6.11. The van der Waals surface area contributed by atoms with Crippen LogP contribution in [0.25, 0.3) is 33.1 Å². The highest BCUT2D eigenvalue weighted by Gasteiger charge is 2.16. The van der Waals surface area contributed by atoms with E-state index in [0.717, 1.165) is 33.1 Å². The van der Waals surface area contributed by atoms with E-state index in [2.05, 4.69) is 15.0 Å². The first-order chi connectivity index (χ1) is 11.6. The number of methoxy groups -OCH3 is 1. The molecule has 0 spiro atoms. The second-order valence-corrected chi connectivity index (χ2v) is 6.04. The van der Waals surface area contributed by atoms with Crippen molar-refractivity contribution < 1.29 is 4.74 Å². The molecule has 0 saturated heterocycles. The molecule has 3 heterocycles. The van der Waals surface area contributed by atoms with Crippen LogP contribution < -0.4 is 10.3 Å². The van der Waals surface area contributed by atoms with Gasteiger partial charge in [0.15, 0.2) is 0 Å². The molecule has 0 aliphatic rings. The molecule has 4 aromatic rings. The Labute approximate surface area is 142 Å². The van der Waals surface area contributed by atoms with Crippen molar-refractivity contribution in [3.05, 3.63) is 57.5 Å². The SMILES string of the molecule is COc1ccc(-c2c(C)c(=O)[nH]c3c2[nH]c2ccc(Cl)cc23)cn1. The maximum atomic E-state index is 12.4. The molecule has 2 N–H and O–H groups in total. The molecule has 0 aliphatic carbocycles. The minimum atomic E-state index is -0.130. The highest BCUT2D eigenvalue weighted by molar-refractivity contribution is 6.31. The van der Waals surface area contributed by atoms with E-state index >= 15 is 0 Å². The van der Waals surface area contributed by atoms with Crippen molar-refractivity contribution in [3.8, 4) is 17.0 Å². The van der Waals surface area contributed by atoms with Crippen molar-refractivity contribution >= 4 is 33.5 Å². The van der Waals surface area contributed by atoms with Crippen LogP contribution in [0.3, 0.4) is 0 Å². The molecule has 120 valence electrons. The summed E-state index contributed by atoms with van der Waals surface area (Å²) in [4.78, 5) is 23.0. The topological polar surface area (TPSA) is 70.8 Å². The maximum Gasteiger partial charge on any atom is 0.252 e. The third-order valence-electron chi connectivity index (χ3n) is 4.20. The minimum absolute atomic E-state index is 0.130. The van der Waals surface area contributed by atoms with Crippen LogP contribution >= 0.6 is 11.6 Å². The van der Waals surface area contributed by atoms with Crippen molar-refractivity contribution in [1.29, 1.82) is 0 Å². The maximum absolute atomic E-state index is 12.4. The third kappa shape index (κ3) is 2.17. The first-order valence-electron chi connectivity index (χ1n) is 7.42. The Morgan fingerprint density at radius 3 is 2.67 bits per heavy atom. The van der Waals surface area contributed by atoms with E-state index in [9.17, 15) is 4.79 Å². The van der Waals surface area contributed by atoms with Gasteiger partial charge < -0.3 is 14.7 Å². The Morgan fingerprint density at radius 2 is 1.96 bits per heavy atom. The Morgan fingerprint density at radius 1 is 1.12 bits per heavy atom. The number of rotatable bonds is 2. The lowest BCUT2D eigenvalue weighted by Crippen LogP contribution is -2.11. The van der Waals surface area contributed by atoms with Gasteiger partial charge in [0.1, 0.15) is 0 Å². The molecule has 0 radical (unpaired) electrons. The first kappa shape index (κ1) is 14.8. The summed E-state index contributed by atoms with van der Waals surface area (Å²) in [6, 6.07) is 9.24. The van der Waals surface area contributed by atoms with Crippen LogP contribution in [0, 0.1) is 6.92 Å². The van der Waals surface area contributed by atoms with Gasteiger partial charge in [-0.05, 0) is 31.2 Å². The lowest BCUT2D eigenvalue weighted by atomic mass is 10.0. The van der Waals surface area contributed by atoms with Crippen LogP contribution in [-0.2, 0) is 0 Å². The molecule has 4 rings (SSSR count). The number of ether oxygens (including phenoxy) is 1. The van der Waals surface area contributed by atoms with Gasteiger partial charge in [-0.15, -0.1) is 0 Å². The Hall–Kier alpha value is -2.79. The van der Waals surface area contributed by atoms with Gasteiger partial charge in [0, 0.05) is 44.9 Å². The fourth-order valence-electron chi connectivity index (χ4n) is 3.00. The molecule has 6 heteroatoms. The molecular weight excluding hydrogens is 326 g/mol. The molecule has 1 aromatic carbocycles. The first-order valence-corrected chi connectivity index (χ1v) is 7.80. The number of aromatic nitrogens is 3. The number of benzene rings is 1. The fraction of sp³-hybridized carbons (Fsp3) is 0.111. The summed E-state index contributed by atoms with van der Waals surface area (Å²) in [5, 5.41) is 1.51. The van der Waals surface area contributed by atoms with E-state index in [-0.39, 0.29) is 5.56 Å². The third-order valence-corrected chi connectivity index (χ3v) is 4.43. The molecule has 24 heavy (non-hydrogen) atoms. The van der Waals surface area contributed by atoms with Gasteiger partial charge in [0.25, 0.3) is 5.56 Å². The number of aromatic amines is 2. The van der Waals surface area contributed by atoms with E-state index in [1.165, 1.54) is 0 Å². The Balaban J connectivity index is 2.11. The molecule has 3 aromatic heterocycles. The molecular formula is C18H14ClN3O2. The second-order valence-electron chi connectivity index (χ2n) is 5.61. The largest absolute Gasteiger partial charge is 0.481 e. The molecule has 0 saturated carbocycles. The highest BCUT2D eigenvalue weighted by atomic mass is 35.5. The van der Waals surface area contributed by atoms with Gasteiger partial charge >= 0.3 is 0 Å². The Bertz CT molecular complexity index is 1130. The summed E-state index contributed by atoms with van der Waals surface area (Å²) in [6.07, 6.45) is 1.71. The number of nitrogens with zero attached hydrogens (tertiary/aromatic N) is 1. The zero-order valence-corrected chi connectivity index (χ0v) is 13.9. The average molecular weight is 340 g/mol. The monoisotopic (exact) mass is 339 g/mol. The van der Waals surface area contributed by atoms with Gasteiger partial charge in [-0.25, -0.2) is 4.98 Å². The molecule has 0 amide bonds.